The van der Waals surface area contributed by atoms with Crippen LogP contribution in [0.3, 0.4) is 0 Å². The number of rotatable bonds is 8. The van der Waals surface area contributed by atoms with Crippen LogP contribution in [-0.4, -0.2) is 21.9 Å². The summed E-state index contributed by atoms with van der Waals surface area (Å²) in [5, 5.41) is 4.01. The zero-order valence-corrected chi connectivity index (χ0v) is 16.1. The Morgan fingerprint density at radius 2 is 2.19 bits per heavy atom. The molecule has 1 amide bonds. The van der Waals surface area contributed by atoms with Gasteiger partial charge in [-0.1, -0.05) is 20.3 Å². The zero-order valence-electron chi connectivity index (χ0n) is 15.2. The van der Waals surface area contributed by atoms with Crippen LogP contribution in [0.1, 0.15) is 54.5 Å². The number of nitrogens with zero attached hydrogens (tertiary/aromatic N) is 2. The quantitative estimate of drug-likeness (QED) is 0.630. The summed E-state index contributed by atoms with van der Waals surface area (Å²) in [5.74, 6) is 0.855. The summed E-state index contributed by atoms with van der Waals surface area (Å²) >= 11 is 1.65. The lowest BCUT2D eigenvalue weighted by Crippen LogP contribution is -2.34. The standard InChI is InChI=1S/C19H23N3O3S/c1-4-6-13(5-2)21-19(23)16-10-25-18(22-16)11-24-14-7-8-17-15(9-14)20-12(3)26-17/h7-10,13H,4-6,11H2,1-3H3,(H,21,23)/t13-/m1/s1. The van der Waals surface area contributed by atoms with Crippen molar-refractivity contribution in [1.82, 2.24) is 15.3 Å². The van der Waals surface area contributed by atoms with Crippen molar-refractivity contribution < 1.29 is 13.9 Å². The summed E-state index contributed by atoms with van der Waals surface area (Å²) in [6, 6.07) is 5.94. The molecule has 2 heterocycles. The van der Waals surface area contributed by atoms with E-state index in [-0.39, 0.29) is 24.2 Å². The van der Waals surface area contributed by atoms with Gasteiger partial charge in [-0.05, 0) is 31.9 Å². The maximum Gasteiger partial charge on any atom is 0.273 e. The average Bonchev–Trinajstić information content (AvgIpc) is 3.24. The topological polar surface area (TPSA) is 77.2 Å². The fraction of sp³-hybridized carbons (Fsp3) is 0.421. The fourth-order valence-corrected chi connectivity index (χ4v) is 3.53. The number of benzene rings is 1. The molecule has 0 fully saturated rings. The van der Waals surface area contributed by atoms with Crippen molar-refractivity contribution in [3.8, 4) is 5.75 Å². The second-order valence-corrected chi connectivity index (χ2v) is 7.38. The molecule has 1 atom stereocenters. The van der Waals surface area contributed by atoms with E-state index in [2.05, 4.69) is 29.1 Å². The van der Waals surface area contributed by atoms with Gasteiger partial charge in [-0.3, -0.25) is 4.79 Å². The Balaban J connectivity index is 1.59. The minimum Gasteiger partial charge on any atom is -0.484 e. The van der Waals surface area contributed by atoms with E-state index in [1.165, 1.54) is 6.26 Å². The lowest BCUT2D eigenvalue weighted by atomic mass is 10.1. The largest absolute Gasteiger partial charge is 0.484 e. The van der Waals surface area contributed by atoms with Gasteiger partial charge in [0.2, 0.25) is 5.89 Å². The van der Waals surface area contributed by atoms with Crippen molar-refractivity contribution in [3.05, 3.63) is 41.1 Å². The number of oxazole rings is 1. The van der Waals surface area contributed by atoms with E-state index in [1.807, 2.05) is 25.1 Å². The number of carbonyl (C=O) groups is 1. The van der Waals surface area contributed by atoms with Crippen molar-refractivity contribution in [1.29, 1.82) is 0 Å². The Labute approximate surface area is 156 Å². The Kier molecular flexibility index (Phi) is 5.88. The molecule has 0 saturated heterocycles. The maximum absolute atomic E-state index is 12.2. The number of ether oxygens (including phenoxy) is 1. The summed E-state index contributed by atoms with van der Waals surface area (Å²) in [4.78, 5) is 20.9. The number of hydrogen-bond donors (Lipinski definition) is 1. The molecule has 6 nitrogen and oxygen atoms in total. The average molecular weight is 373 g/mol. The molecule has 0 spiro atoms. The van der Waals surface area contributed by atoms with E-state index < -0.39 is 0 Å². The van der Waals surface area contributed by atoms with Crippen LogP contribution < -0.4 is 10.1 Å². The number of aromatic nitrogens is 2. The summed E-state index contributed by atoms with van der Waals surface area (Å²) < 4.78 is 12.2. The Bertz CT molecular complexity index is 887. The predicted molar refractivity (Wildman–Crippen MR) is 102 cm³/mol. The molecular weight excluding hydrogens is 350 g/mol. The molecule has 0 aliphatic heterocycles. The fourth-order valence-electron chi connectivity index (χ4n) is 2.72. The van der Waals surface area contributed by atoms with E-state index in [1.54, 1.807) is 11.3 Å². The van der Waals surface area contributed by atoms with Crippen LogP contribution in [0.15, 0.2) is 28.9 Å². The number of aryl methyl sites for hydroxylation is 1. The minimum atomic E-state index is -0.209. The normalized spacial score (nSPS) is 12.3. The molecule has 0 bridgehead atoms. The first kappa shape index (κ1) is 18.4. The van der Waals surface area contributed by atoms with Gasteiger partial charge in [0.1, 0.15) is 12.0 Å². The molecule has 7 heteroatoms. The highest BCUT2D eigenvalue weighted by Gasteiger charge is 2.16. The number of thiazole rings is 1. The lowest BCUT2D eigenvalue weighted by Gasteiger charge is -2.14. The molecule has 0 unspecified atom stereocenters. The minimum absolute atomic E-state index is 0.161. The molecule has 1 aromatic carbocycles. The van der Waals surface area contributed by atoms with Crippen LogP contribution in [0.4, 0.5) is 0 Å². The van der Waals surface area contributed by atoms with Crippen molar-refractivity contribution in [2.75, 3.05) is 0 Å². The van der Waals surface area contributed by atoms with Gasteiger partial charge in [0.05, 0.1) is 15.2 Å². The third kappa shape index (κ3) is 4.40. The Morgan fingerprint density at radius 3 is 2.96 bits per heavy atom. The molecule has 0 saturated carbocycles. The summed E-state index contributed by atoms with van der Waals surface area (Å²) in [7, 11) is 0. The van der Waals surface area contributed by atoms with Gasteiger partial charge in [0, 0.05) is 12.1 Å². The smallest absolute Gasteiger partial charge is 0.273 e. The zero-order chi connectivity index (χ0) is 18.5. The van der Waals surface area contributed by atoms with Crippen LogP contribution in [0, 0.1) is 6.92 Å². The van der Waals surface area contributed by atoms with Gasteiger partial charge >= 0.3 is 0 Å². The van der Waals surface area contributed by atoms with Crippen molar-refractivity contribution >= 4 is 27.5 Å². The Morgan fingerprint density at radius 1 is 1.35 bits per heavy atom. The van der Waals surface area contributed by atoms with Crippen molar-refractivity contribution in [2.24, 2.45) is 0 Å². The first-order chi connectivity index (χ1) is 12.6. The van der Waals surface area contributed by atoms with E-state index in [9.17, 15) is 4.79 Å². The molecule has 138 valence electrons. The lowest BCUT2D eigenvalue weighted by molar-refractivity contribution is 0.0928. The molecular formula is C19H23N3O3S. The SMILES string of the molecule is CCC[C@@H](CC)NC(=O)c1coc(COc2ccc3sc(C)nc3c2)n1. The first-order valence-electron chi connectivity index (χ1n) is 8.84. The van der Waals surface area contributed by atoms with Gasteiger partial charge in [0.15, 0.2) is 12.3 Å². The van der Waals surface area contributed by atoms with Crippen LogP contribution in [0.25, 0.3) is 10.2 Å². The monoisotopic (exact) mass is 373 g/mol. The Hall–Kier alpha value is -2.41. The van der Waals surface area contributed by atoms with E-state index in [0.29, 0.717) is 11.6 Å². The number of amides is 1. The summed E-state index contributed by atoms with van der Waals surface area (Å²) in [6.45, 7) is 6.30. The van der Waals surface area contributed by atoms with E-state index in [4.69, 9.17) is 9.15 Å². The number of nitrogens with one attached hydrogen (secondary N) is 1. The van der Waals surface area contributed by atoms with E-state index in [0.717, 1.165) is 34.5 Å². The molecule has 0 radical (unpaired) electrons. The second kappa shape index (κ2) is 8.31. The van der Waals surface area contributed by atoms with Gasteiger partial charge in [0.25, 0.3) is 5.91 Å². The molecule has 2 aromatic heterocycles. The van der Waals surface area contributed by atoms with Crippen LogP contribution >= 0.6 is 11.3 Å². The number of carbonyl (C=O) groups excluding carboxylic acids is 1. The first-order valence-corrected chi connectivity index (χ1v) is 9.66. The van der Waals surface area contributed by atoms with Gasteiger partial charge in [-0.25, -0.2) is 9.97 Å². The molecule has 26 heavy (non-hydrogen) atoms. The number of fused-ring (bicyclic) bond motifs is 1. The van der Waals surface area contributed by atoms with Crippen LogP contribution in [0.2, 0.25) is 0 Å². The van der Waals surface area contributed by atoms with E-state index >= 15 is 0 Å². The molecule has 0 aliphatic carbocycles. The highest BCUT2D eigenvalue weighted by molar-refractivity contribution is 7.18. The predicted octanol–water partition coefficient (Wildman–Crippen LogP) is 4.48. The number of hydrogen-bond acceptors (Lipinski definition) is 6. The molecule has 3 aromatic rings. The molecule has 3 rings (SSSR count). The molecule has 1 N–H and O–H groups in total. The van der Waals surface area contributed by atoms with Gasteiger partial charge in [-0.15, -0.1) is 11.3 Å². The summed E-state index contributed by atoms with van der Waals surface area (Å²) in [5.41, 5.74) is 1.20. The van der Waals surface area contributed by atoms with Gasteiger partial charge in [-0.2, -0.15) is 0 Å². The van der Waals surface area contributed by atoms with Crippen molar-refractivity contribution in [2.45, 2.75) is 52.7 Å². The van der Waals surface area contributed by atoms with Crippen molar-refractivity contribution in [3.63, 3.8) is 0 Å². The summed E-state index contributed by atoms with van der Waals surface area (Å²) in [6.07, 6.45) is 4.25. The van der Waals surface area contributed by atoms with Gasteiger partial charge < -0.3 is 14.5 Å². The maximum atomic E-state index is 12.2. The second-order valence-electron chi connectivity index (χ2n) is 6.14. The highest BCUT2D eigenvalue weighted by atomic mass is 32.1. The molecule has 0 aliphatic rings. The van der Waals surface area contributed by atoms with Crippen LogP contribution in [-0.2, 0) is 6.61 Å². The highest BCUT2D eigenvalue weighted by Crippen LogP contribution is 2.25. The third-order valence-corrected chi connectivity index (χ3v) is 5.03. The third-order valence-electron chi connectivity index (χ3n) is 4.08. The van der Waals surface area contributed by atoms with Crippen LogP contribution in [0.5, 0.6) is 5.75 Å².